The van der Waals surface area contributed by atoms with Gasteiger partial charge in [0.15, 0.2) is 5.78 Å². The van der Waals surface area contributed by atoms with Crippen molar-refractivity contribution >= 4 is 21.7 Å². The van der Waals surface area contributed by atoms with Gasteiger partial charge in [0.05, 0.1) is 19.3 Å². The van der Waals surface area contributed by atoms with E-state index >= 15 is 0 Å². The SMILES string of the molecule is CC(C)OCCOCC(=O)c1cccc(Br)c1. The van der Waals surface area contributed by atoms with E-state index in [2.05, 4.69) is 15.9 Å². The molecule has 1 rings (SSSR count). The molecule has 0 aliphatic carbocycles. The first kappa shape index (κ1) is 14.4. The number of ketones is 1. The van der Waals surface area contributed by atoms with Crippen molar-refractivity contribution in [1.82, 2.24) is 0 Å². The summed E-state index contributed by atoms with van der Waals surface area (Å²) in [7, 11) is 0. The molecule has 0 bridgehead atoms. The van der Waals surface area contributed by atoms with Crippen LogP contribution in [0.5, 0.6) is 0 Å². The molecule has 17 heavy (non-hydrogen) atoms. The van der Waals surface area contributed by atoms with Crippen LogP contribution in [0, 0.1) is 0 Å². The summed E-state index contributed by atoms with van der Waals surface area (Å²) in [6, 6.07) is 7.28. The molecule has 0 unspecified atom stereocenters. The van der Waals surface area contributed by atoms with Gasteiger partial charge in [-0.1, -0.05) is 28.1 Å². The van der Waals surface area contributed by atoms with Crippen molar-refractivity contribution in [2.75, 3.05) is 19.8 Å². The number of carbonyl (C=O) groups is 1. The first-order chi connectivity index (χ1) is 8.09. The molecular formula is C13H17BrO3. The monoisotopic (exact) mass is 300 g/mol. The van der Waals surface area contributed by atoms with Crippen LogP contribution < -0.4 is 0 Å². The van der Waals surface area contributed by atoms with Crippen molar-refractivity contribution in [2.45, 2.75) is 20.0 Å². The zero-order chi connectivity index (χ0) is 12.7. The molecule has 0 radical (unpaired) electrons. The summed E-state index contributed by atoms with van der Waals surface area (Å²) in [6.45, 7) is 4.98. The van der Waals surface area contributed by atoms with E-state index in [-0.39, 0.29) is 18.5 Å². The summed E-state index contributed by atoms with van der Waals surface area (Å²) >= 11 is 3.33. The van der Waals surface area contributed by atoms with Crippen LogP contribution in [-0.2, 0) is 9.47 Å². The van der Waals surface area contributed by atoms with Gasteiger partial charge in [-0.15, -0.1) is 0 Å². The lowest BCUT2D eigenvalue weighted by molar-refractivity contribution is 0.0208. The smallest absolute Gasteiger partial charge is 0.188 e. The van der Waals surface area contributed by atoms with Gasteiger partial charge in [0.1, 0.15) is 6.61 Å². The minimum Gasteiger partial charge on any atom is -0.376 e. The van der Waals surface area contributed by atoms with E-state index in [0.717, 1.165) is 4.47 Å². The van der Waals surface area contributed by atoms with Crippen LogP contribution in [-0.4, -0.2) is 31.7 Å². The third-order valence-electron chi connectivity index (χ3n) is 2.06. The van der Waals surface area contributed by atoms with Gasteiger partial charge in [-0.25, -0.2) is 0 Å². The zero-order valence-electron chi connectivity index (χ0n) is 10.1. The van der Waals surface area contributed by atoms with Crippen LogP contribution in [0.25, 0.3) is 0 Å². The fourth-order valence-corrected chi connectivity index (χ4v) is 1.65. The van der Waals surface area contributed by atoms with Crippen LogP contribution in [0.1, 0.15) is 24.2 Å². The van der Waals surface area contributed by atoms with Crippen molar-refractivity contribution < 1.29 is 14.3 Å². The molecule has 0 atom stereocenters. The van der Waals surface area contributed by atoms with E-state index in [1.54, 1.807) is 12.1 Å². The highest BCUT2D eigenvalue weighted by Crippen LogP contribution is 2.12. The standard InChI is InChI=1S/C13H17BrO3/c1-10(2)17-7-6-16-9-13(15)11-4-3-5-12(14)8-11/h3-5,8,10H,6-7,9H2,1-2H3. The molecule has 0 amide bonds. The van der Waals surface area contributed by atoms with Crippen molar-refractivity contribution in [2.24, 2.45) is 0 Å². The molecule has 3 nitrogen and oxygen atoms in total. The van der Waals surface area contributed by atoms with E-state index in [1.807, 2.05) is 26.0 Å². The highest BCUT2D eigenvalue weighted by atomic mass is 79.9. The van der Waals surface area contributed by atoms with Gasteiger partial charge in [0.25, 0.3) is 0 Å². The Hall–Kier alpha value is -0.710. The Morgan fingerprint density at radius 3 is 2.76 bits per heavy atom. The molecule has 4 heteroatoms. The number of ether oxygens (including phenoxy) is 2. The molecule has 0 N–H and O–H groups in total. The van der Waals surface area contributed by atoms with Gasteiger partial charge in [-0.3, -0.25) is 4.79 Å². The largest absolute Gasteiger partial charge is 0.376 e. The van der Waals surface area contributed by atoms with Crippen molar-refractivity contribution in [3.63, 3.8) is 0 Å². The molecule has 0 aromatic heterocycles. The number of carbonyl (C=O) groups excluding carboxylic acids is 1. The zero-order valence-corrected chi connectivity index (χ0v) is 11.7. The van der Waals surface area contributed by atoms with Crippen LogP contribution in [0.4, 0.5) is 0 Å². The Balaban J connectivity index is 2.26. The lowest BCUT2D eigenvalue weighted by Gasteiger charge is -2.07. The third-order valence-corrected chi connectivity index (χ3v) is 2.55. The first-order valence-electron chi connectivity index (χ1n) is 5.57. The highest BCUT2D eigenvalue weighted by molar-refractivity contribution is 9.10. The number of hydrogen-bond acceptors (Lipinski definition) is 3. The molecule has 0 saturated heterocycles. The van der Waals surface area contributed by atoms with Crippen LogP contribution in [0.3, 0.4) is 0 Å². The molecule has 0 heterocycles. The number of halogens is 1. The number of benzene rings is 1. The quantitative estimate of drug-likeness (QED) is 0.573. The lowest BCUT2D eigenvalue weighted by Crippen LogP contribution is -2.14. The summed E-state index contributed by atoms with van der Waals surface area (Å²) in [5.74, 6) is -0.0177. The Labute approximate surface area is 110 Å². The van der Waals surface area contributed by atoms with Gasteiger partial charge in [0.2, 0.25) is 0 Å². The summed E-state index contributed by atoms with van der Waals surface area (Å²) in [5, 5.41) is 0. The van der Waals surface area contributed by atoms with Crippen LogP contribution in [0.15, 0.2) is 28.7 Å². The minimum absolute atomic E-state index is 0.0177. The Morgan fingerprint density at radius 1 is 1.35 bits per heavy atom. The lowest BCUT2D eigenvalue weighted by atomic mass is 10.1. The van der Waals surface area contributed by atoms with Gasteiger partial charge >= 0.3 is 0 Å². The fourth-order valence-electron chi connectivity index (χ4n) is 1.25. The molecule has 0 saturated carbocycles. The van der Waals surface area contributed by atoms with E-state index in [0.29, 0.717) is 18.8 Å². The van der Waals surface area contributed by atoms with Gasteiger partial charge in [-0.2, -0.15) is 0 Å². The molecule has 0 aliphatic rings. The number of Topliss-reactive ketones (excluding diaryl/α,β-unsaturated/α-hetero) is 1. The summed E-state index contributed by atoms with van der Waals surface area (Å²) < 4.78 is 11.4. The second kappa shape index (κ2) is 7.58. The first-order valence-corrected chi connectivity index (χ1v) is 6.37. The van der Waals surface area contributed by atoms with E-state index in [4.69, 9.17) is 9.47 Å². The van der Waals surface area contributed by atoms with Crippen molar-refractivity contribution in [3.05, 3.63) is 34.3 Å². The predicted molar refractivity (Wildman–Crippen MR) is 70.4 cm³/mol. The van der Waals surface area contributed by atoms with E-state index in [9.17, 15) is 4.79 Å². The molecule has 0 spiro atoms. The molecule has 0 fully saturated rings. The molecule has 1 aromatic carbocycles. The van der Waals surface area contributed by atoms with E-state index in [1.165, 1.54) is 0 Å². The molecular weight excluding hydrogens is 284 g/mol. The minimum atomic E-state index is -0.0177. The maximum Gasteiger partial charge on any atom is 0.188 e. The number of rotatable bonds is 7. The maximum absolute atomic E-state index is 11.7. The molecule has 0 aliphatic heterocycles. The average Bonchev–Trinajstić information content (AvgIpc) is 2.28. The fraction of sp³-hybridized carbons (Fsp3) is 0.462. The topological polar surface area (TPSA) is 35.5 Å². The van der Waals surface area contributed by atoms with Gasteiger partial charge < -0.3 is 9.47 Å². The third kappa shape index (κ3) is 5.96. The Morgan fingerprint density at radius 2 is 2.12 bits per heavy atom. The molecule has 1 aromatic rings. The Kier molecular flexibility index (Phi) is 6.40. The second-order valence-corrected chi connectivity index (χ2v) is 4.82. The Bertz CT molecular complexity index is 363. The highest BCUT2D eigenvalue weighted by Gasteiger charge is 2.06. The predicted octanol–water partition coefficient (Wildman–Crippen LogP) is 3.07. The van der Waals surface area contributed by atoms with Crippen molar-refractivity contribution in [1.29, 1.82) is 0 Å². The van der Waals surface area contributed by atoms with Crippen LogP contribution >= 0.6 is 15.9 Å². The normalized spacial score (nSPS) is 10.8. The summed E-state index contributed by atoms with van der Waals surface area (Å²) in [4.78, 5) is 11.7. The van der Waals surface area contributed by atoms with Crippen LogP contribution in [0.2, 0.25) is 0 Å². The average molecular weight is 301 g/mol. The molecule has 94 valence electrons. The van der Waals surface area contributed by atoms with Crippen molar-refractivity contribution in [3.8, 4) is 0 Å². The van der Waals surface area contributed by atoms with E-state index < -0.39 is 0 Å². The maximum atomic E-state index is 11.7. The van der Waals surface area contributed by atoms with Gasteiger partial charge in [-0.05, 0) is 26.0 Å². The van der Waals surface area contributed by atoms with Gasteiger partial charge in [0, 0.05) is 10.0 Å². The second-order valence-electron chi connectivity index (χ2n) is 3.91. The summed E-state index contributed by atoms with van der Waals surface area (Å²) in [5.41, 5.74) is 0.657. The number of hydrogen-bond donors (Lipinski definition) is 0. The summed E-state index contributed by atoms with van der Waals surface area (Å²) in [6.07, 6.45) is 0.194.